The van der Waals surface area contributed by atoms with Gasteiger partial charge >= 0.3 is 5.97 Å². The average molecular weight is 195 g/mol. The highest BCUT2D eigenvalue weighted by molar-refractivity contribution is 5.85. The van der Waals surface area contributed by atoms with E-state index in [4.69, 9.17) is 0 Å². The molecule has 0 saturated carbocycles. The van der Waals surface area contributed by atoms with Crippen LogP contribution in [0.4, 0.5) is 5.82 Å². The summed E-state index contributed by atoms with van der Waals surface area (Å²) in [6.07, 6.45) is 0. The number of carbonyl (C=O) groups excluding carboxylic acids is 1. The van der Waals surface area contributed by atoms with Crippen LogP contribution >= 0.6 is 0 Å². The highest BCUT2D eigenvalue weighted by Crippen LogP contribution is 2.14. The van der Waals surface area contributed by atoms with E-state index < -0.39 is 5.97 Å². The molecule has 14 heavy (non-hydrogen) atoms. The zero-order valence-electron chi connectivity index (χ0n) is 8.71. The smallest absolute Gasteiger partial charge is 0.376 e. The summed E-state index contributed by atoms with van der Waals surface area (Å²) in [6, 6.07) is 0. The molecule has 0 aliphatic rings. The van der Waals surface area contributed by atoms with E-state index in [1.165, 1.54) is 7.11 Å². The van der Waals surface area contributed by atoms with Gasteiger partial charge < -0.3 is 10.1 Å². The molecule has 1 heterocycles. The molecule has 76 valence electrons. The van der Waals surface area contributed by atoms with Crippen LogP contribution in [0.1, 0.15) is 21.9 Å². The number of carbonyl (C=O) groups is 1. The third-order valence-electron chi connectivity index (χ3n) is 1.99. The van der Waals surface area contributed by atoms with E-state index in [2.05, 4.69) is 20.0 Å². The fraction of sp³-hybridized carbons (Fsp3) is 0.444. The van der Waals surface area contributed by atoms with Gasteiger partial charge in [0.05, 0.1) is 7.11 Å². The molecule has 0 fully saturated rings. The van der Waals surface area contributed by atoms with E-state index in [9.17, 15) is 4.79 Å². The van der Waals surface area contributed by atoms with Crippen molar-refractivity contribution in [3.8, 4) is 0 Å². The minimum Gasteiger partial charge on any atom is -0.463 e. The molecule has 0 aliphatic carbocycles. The number of rotatable bonds is 2. The number of anilines is 1. The first-order valence-electron chi connectivity index (χ1n) is 4.21. The zero-order chi connectivity index (χ0) is 10.7. The maximum absolute atomic E-state index is 11.2. The Labute approximate surface area is 82.5 Å². The molecule has 0 aliphatic heterocycles. The summed E-state index contributed by atoms with van der Waals surface area (Å²) >= 11 is 0. The predicted octanol–water partition coefficient (Wildman–Crippen LogP) is 0.922. The number of hydrogen-bond acceptors (Lipinski definition) is 5. The van der Waals surface area contributed by atoms with Gasteiger partial charge in [0.2, 0.25) is 5.82 Å². The van der Waals surface area contributed by atoms with Gasteiger partial charge in [-0.05, 0) is 13.8 Å². The molecule has 0 spiro atoms. The van der Waals surface area contributed by atoms with Crippen molar-refractivity contribution in [3.05, 3.63) is 17.1 Å². The quantitative estimate of drug-likeness (QED) is 0.711. The molecule has 1 rings (SSSR count). The van der Waals surface area contributed by atoms with Gasteiger partial charge in [0, 0.05) is 18.3 Å². The van der Waals surface area contributed by atoms with Crippen molar-refractivity contribution >= 4 is 11.8 Å². The molecule has 1 aromatic rings. The minimum absolute atomic E-state index is 0.0833. The Balaban J connectivity index is 3.22. The summed E-state index contributed by atoms with van der Waals surface area (Å²) in [6.45, 7) is 3.71. The number of nitrogens with one attached hydrogen (secondary N) is 1. The number of hydrogen-bond donors (Lipinski definition) is 1. The summed E-state index contributed by atoms with van der Waals surface area (Å²) in [4.78, 5) is 19.2. The van der Waals surface area contributed by atoms with Gasteiger partial charge in [0.25, 0.3) is 0 Å². The van der Waals surface area contributed by atoms with Crippen LogP contribution in [-0.4, -0.2) is 30.1 Å². The van der Waals surface area contributed by atoms with Crippen LogP contribution in [0.3, 0.4) is 0 Å². The van der Waals surface area contributed by atoms with Crippen LogP contribution in [0.15, 0.2) is 0 Å². The lowest BCUT2D eigenvalue weighted by molar-refractivity contribution is 0.0586. The molecule has 5 heteroatoms. The number of aromatic nitrogens is 2. The van der Waals surface area contributed by atoms with Gasteiger partial charge in [-0.2, -0.15) is 0 Å². The summed E-state index contributed by atoms with van der Waals surface area (Å²) in [7, 11) is 3.05. The largest absolute Gasteiger partial charge is 0.463 e. The molecule has 1 N–H and O–H groups in total. The Kier molecular flexibility index (Phi) is 3.01. The average Bonchev–Trinajstić information content (AvgIpc) is 2.20. The molecular formula is C9H13N3O2. The lowest BCUT2D eigenvalue weighted by atomic mass is 10.2. The molecule has 0 radical (unpaired) electrons. The van der Waals surface area contributed by atoms with Crippen molar-refractivity contribution in [3.63, 3.8) is 0 Å². The molecule has 0 bridgehead atoms. The summed E-state index contributed by atoms with van der Waals surface area (Å²) in [5, 5.41) is 2.90. The van der Waals surface area contributed by atoms with Crippen LogP contribution in [0.5, 0.6) is 0 Å². The van der Waals surface area contributed by atoms with E-state index in [1.54, 1.807) is 7.05 Å². The maximum Gasteiger partial charge on any atom is 0.376 e. The van der Waals surface area contributed by atoms with E-state index in [0.717, 1.165) is 11.3 Å². The van der Waals surface area contributed by atoms with Crippen molar-refractivity contribution in [2.24, 2.45) is 0 Å². The molecule has 0 atom stereocenters. The third kappa shape index (κ3) is 1.81. The maximum atomic E-state index is 11.2. The Morgan fingerprint density at radius 2 is 2.00 bits per heavy atom. The van der Waals surface area contributed by atoms with Gasteiger partial charge in [-0.1, -0.05) is 0 Å². The topological polar surface area (TPSA) is 64.1 Å². The summed E-state index contributed by atoms with van der Waals surface area (Å²) in [5.74, 6) is 0.211. The minimum atomic E-state index is -0.524. The fourth-order valence-corrected chi connectivity index (χ4v) is 1.05. The molecule has 0 amide bonds. The number of nitrogens with zero attached hydrogens (tertiary/aromatic N) is 2. The lowest BCUT2D eigenvalue weighted by Crippen LogP contribution is -2.11. The van der Waals surface area contributed by atoms with Gasteiger partial charge in [0.1, 0.15) is 5.82 Å². The first kappa shape index (κ1) is 10.4. The summed E-state index contributed by atoms with van der Waals surface area (Å²) < 4.78 is 4.54. The Hall–Kier alpha value is -1.65. The molecule has 5 nitrogen and oxygen atoms in total. The second-order valence-electron chi connectivity index (χ2n) is 2.85. The Morgan fingerprint density at radius 1 is 1.36 bits per heavy atom. The monoisotopic (exact) mass is 195 g/mol. The first-order chi connectivity index (χ1) is 6.60. The number of methoxy groups -OCH3 is 1. The van der Waals surface area contributed by atoms with Gasteiger partial charge in [-0.25, -0.2) is 14.8 Å². The standard InChI is InChI=1S/C9H13N3O2/c1-5-6(2)11-8(9(13)14-4)12-7(5)10-3/h1-4H3,(H,10,11,12). The molecular weight excluding hydrogens is 182 g/mol. The SMILES string of the molecule is CNc1nc(C(=O)OC)nc(C)c1C. The van der Waals surface area contributed by atoms with Gasteiger partial charge in [-0.15, -0.1) is 0 Å². The van der Waals surface area contributed by atoms with E-state index in [-0.39, 0.29) is 5.82 Å². The number of esters is 1. The van der Waals surface area contributed by atoms with Crippen molar-refractivity contribution in [1.29, 1.82) is 0 Å². The van der Waals surface area contributed by atoms with Crippen molar-refractivity contribution < 1.29 is 9.53 Å². The molecule has 0 aromatic carbocycles. The van der Waals surface area contributed by atoms with Crippen LogP contribution in [0, 0.1) is 13.8 Å². The normalized spacial score (nSPS) is 9.71. The van der Waals surface area contributed by atoms with Crippen molar-refractivity contribution in [1.82, 2.24) is 9.97 Å². The van der Waals surface area contributed by atoms with Crippen LogP contribution in [-0.2, 0) is 4.74 Å². The third-order valence-corrected chi connectivity index (χ3v) is 1.99. The second-order valence-corrected chi connectivity index (χ2v) is 2.85. The predicted molar refractivity (Wildman–Crippen MR) is 52.4 cm³/mol. The Morgan fingerprint density at radius 3 is 2.50 bits per heavy atom. The highest BCUT2D eigenvalue weighted by Gasteiger charge is 2.13. The van der Waals surface area contributed by atoms with Crippen LogP contribution in [0.2, 0.25) is 0 Å². The second kappa shape index (κ2) is 4.04. The van der Waals surface area contributed by atoms with Crippen LogP contribution in [0.25, 0.3) is 0 Å². The number of aryl methyl sites for hydroxylation is 1. The lowest BCUT2D eigenvalue weighted by Gasteiger charge is -2.07. The molecule has 0 unspecified atom stereocenters. The Bertz CT molecular complexity index is 363. The zero-order valence-corrected chi connectivity index (χ0v) is 8.71. The number of ether oxygens (including phenoxy) is 1. The van der Waals surface area contributed by atoms with E-state index >= 15 is 0 Å². The first-order valence-corrected chi connectivity index (χ1v) is 4.21. The van der Waals surface area contributed by atoms with E-state index in [1.807, 2.05) is 13.8 Å². The van der Waals surface area contributed by atoms with Crippen molar-refractivity contribution in [2.45, 2.75) is 13.8 Å². The molecule has 1 aromatic heterocycles. The van der Waals surface area contributed by atoms with Crippen molar-refractivity contribution in [2.75, 3.05) is 19.5 Å². The summed E-state index contributed by atoms with van der Waals surface area (Å²) in [5.41, 5.74) is 1.70. The van der Waals surface area contributed by atoms with Crippen LogP contribution < -0.4 is 5.32 Å². The highest BCUT2D eigenvalue weighted by atomic mass is 16.5. The van der Waals surface area contributed by atoms with Gasteiger partial charge in [0.15, 0.2) is 0 Å². The molecule has 0 saturated heterocycles. The fourth-order valence-electron chi connectivity index (χ4n) is 1.05. The van der Waals surface area contributed by atoms with E-state index in [0.29, 0.717) is 5.82 Å². The van der Waals surface area contributed by atoms with Gasteiger partial charge in [-0.3, -0.25) is 0 Å².